The number of hydrogen-bond donors (Lipinski definition) is 0. The Hall–Kier alpha value is -1.45. The standard InChI is InChI=1S/C20H29NOSi/c1-15-13-18(14-16(2)21-15)19(17-11-9-8-10-12-17)22-23(6,7)20(3,4)5/h8-14,19H,1-7H3. The first-order valence-electron chi connectivity index (χ1n) is 8.28. The van der Waals surface area contributed by atoms with Crippen molar-refractivity contribution in [2.75, 3.05) is 0 Å². The minimum absolute atomic E-state index is 0.0301. The van der Waals surface area contributed by atoms with E-state index in [2.05, 4.69) is 81.3 Å². The number of aryl methyl sites for hydroxylation is 2. The molecule has 0 saturated heterocycles. The van der Waals surface area contributed by atoms with E-state index < -0.39 is 8.32 Å². The van der Waals surface area contributed by atoms with Crippen LogP contribution in [-0.2, 0) is 4.43 Å². The molecule has 2 aromatic rings. The van der Waals surface area contributed by atoms with Crippen LogP contribution in [0.25, 0.3) is 0 Å². The number of nitrogens with zero attached hydrogens (tertiary/aromatic N) is 1. The maximum atomic E-state index is 6.80. The lowest BCUT2D eigenvalue weighted by molar-refractivity contribution is 0.222. The van der Waals surface area contributed by atoms with E-state index in [0.717, 1.165) is 11.4 Å². The summed E-state index contributed by atoms with van der Waals surface area (Å²) in [6.45, 7) is 15.6. The third-order valence-electron chi connectivity index (χ3n) is 4.73. The van der Waals surface area contributed by atoms with Gasteiger partial charge in [0.15, 0.2) is 8.32 Å². The van der Waals surface area contributed by atoms with E-state index in [1.807, 2.05) is 13.8 Å². The zero-order valence-electron chi connectivity index (χ0n) is 15.5. The van der Waals surface area contributed by atoms with Gasteiger partial charge in [-0.05, 0) is 55.2 Å². The Labute approximate surface area is 142 Å². The van der Waals surface area contributed by atoms with Crippen molar-refractivity contribution in [2.24, 2.45) is 0 Å². The maximum Gasteiger partial charge on any atom is 0.193 e. The van der Waals surface area contributed by atoms with E-state index in [4.69, 9.17) is 4.43 Å². The van der Waals surface area contributed by atoms with Crippen molar-refractivity contribution in [3.05, 3.63) is 65.0 Å². The molecule has 2 nitrogen and oxygen atoms in total. The van der Waals surface area contributed by atoms with Crippen molar-refractivity contribution in [1.29, 1.82) is 0 Å². The molecule has 1 heterocycles. The van der Waals surface area contributed by atoms with Crippen LogP contribution in [0.2, 0.25) is 18.1 Å². The van der Waals surface area contributed by atoms with E-state index in [0.29, 0.717) is 0 Å². The van der Waals surface area contributed by atoms with Crippen molar-refractivity contribution in [1.82, 2.24) is 4.98 Å². The van der Waals surface area contributed by atoms with Crippen molar-refractivity contribution < 1.29 is 4.43 Å². The van der Waals surface area contributed by atoms with Gasteiger partial charge < -0.3 is 4.43 Å². The van der Waals surface area contributed by atoms with Gasteiger partial charge in [0.1, 0.15) is 0 Å². The largest absolute Gasteiger partial charge is 0.406 e. The van der Waals surface area contributed by atoms with Gasteiger partial charge in [-0.3, -0.25) is 4.98 Å². The van der Waals surface area contributed by atoms with Gasteiger partial charge in [-0.2, -0.15) is 0 Å². The summed E-state index contributed by atoms with van der Waals surface area (Å²) in [4.78, 5) is 4.51. The van der Waals surface area contributed by atoms with E-state index in [-0.39, 0.29) is 11.1 Å². The number of pyridine rings is 1. The minimum atomic E-state index is -1.89. The third-order valence-corrected chi connectivity index (χ3v) is 9.16. The van der Waals surface area contributed by atoms with Gasteiger partial charge in [0.25, 0.3) is 0 Å². The molecule has 0 radical (unpaired) electrons. The van der Waals surface area contributed by atoms with Gasteiger partial charge in [-0.1, -0.05) is 51.1 Å². The van der Waals surface area contributed by atoms with E-state index in [1.54, 1.807) is 0 Å². The van der Waals surface area contributed by atoms with Crippen LogP contribution in [0.5, 0.6) is 0 Å². The molecule has 0 aliphatic carbocycles. The monoisotopic (exact) mass is 327 g/mol. The average Bonchev–Trinajstić information content (AvgIpc) is 2.43. The molecule has 1 aromatic carbocycles. The second kappa shape index (κ2) is 6.58. The fourth-order valence-electron chi connectivity index (χ4n) is 2.45. The highest BCUT2D eigenvalue weighted by Crippen LogP contribution is 2.41. The van der Waals surface area contributed by atoms with Crippen molar-refractivity contribution in [3.8, 4) is 0 Å². The molecule has 0 amide bonds. The summed E-state index contributed by atoms with van der Waals surface area (Å²) >= 11 is 0. The fourth-order valence-corrected chi connectivity index (χ4v) is 3.66. The predicted molar refractivity (Wildman–Crippen MR) is 100 cm³/mol. The quantitative estimate of drug-likeness (QED) is 0.661. The van der Waals surface area contributed by atoms with Crippen LogP contribution in [0.1, 0.15) is 49.4 Å². The highest BCUT2D eigenvalue weighted by Gasteiger charge is 2.39. The van der Waals surface area contributed by atoms with Crippen molar-refractivity contribution >= 4 is 8.32 Å². The predicted octanol–water partition coefficient (Wildman–Crippen LogP) is 5.81. The number of benzene rings is 1. The van der Waals surface area contributed by atoms with Crippen molar-refractivity contribution in [3.63, 3.8) is 0 Å². The van der Waals surface area contributed by atoms with Gasteiger partial charge in [-0.15, -0.1) is 0 Å². The molecule has 0 bridgehead atoms. The summed E-state index contributed by atoms with van der Waals surface area (Å²) in [5, 5.41) is 0.178. The Balaban J connectivity index is 2.49. The fraction of sp³-hybridized carbons (Fsp3) is 0.450. The first kappa shape index (κ1) is 17.9. The molecule has 1 unspecified atom stereocenters. The number of rotatable bonds is 4. The van der Waals surface area contributed by atoms with E-state index >= 15 is 0 Å². The van der Waals surface area contributed by atoms with Crippen LogP contribution in [0.15, 0.2) is 42.5 Å². The van der Waals surface area contributed by atoms with Crippen molar-refractivity contribution in [2.45, 2.75) is 58.9 Å². The average molecular weight is 328 g/mol. The van der Waals surface area contributed by atoms with E-state index in [1.165, 1.54) is 11.1 Å². The van der Waals surface area contributed by atoms with Gasteiger partial charge in [-0.25, -0.2) is 0 Å². The molecule has 0 fully saturated rings. The van der Waals surface area contributed by atoms with Crippen LogP contribution in [-0.4, -0.2) is 13.3 Å². The van der Waals surface area contributed by atoms with Crippen LogP contribution in [0, 0.1) is 13.8 Å². The highest BCUT2D eigenvalue weighted by atomic mass is 28.4. The number of hydrogen-bond acceptors (Lipinski definition) is 2. The molecule has 124 valence electrons. The summed E-state index contributed by atoms with van der Waals surface area (Å²) in [5.41, 5.74) is 4.49. The molecule has 2 rings (SSSR count). The summed E-state index contributed by atoms with van der Waals surface area (Å²) in [6.07, 6.45) is -0.0301. The Kier molecular flexibility index (Phi) is 5.12. The lowest BCUT2D eigenvalue weighted by Gasteiger charge is -2.39. The maximum absolute atomic E-state index is 6.80. The topological polar surface area (TPSA) is 22.1 Å². The first-order chi connectivity index (χ1) is 10.6. The summed E-state index contributed by atoms with van der Waals surface area (Å²) in [7, 11) is -1.89. The third kappa shape index (κ3) is 4.30. The summed E-state index contributed by atoms with van der Waals surface area (Å²) in [6, 6.07) is 14.8. The zero-order chi connectivity index (χ0) is 17.3. The Morgan fingerprint density at radius 3 is 1.91 bits per heavy atom. The van der Waals surface area contributed by atoms with Gasteiger partial charge in [0.05, 0.1) is 6.10 Å². The molecule has 0 spiro atoms. The molecular weight excluding hydrogens is 298 g/mol. The highest BCUT2D eigenvalue weighted by molar-refractivity contribution is 6.74. The minimum Gasteiger partial charge on any atom is -0.406 e. The van der Waals surface area contributed by atoms with Gasteiger partial charge >= 0.3 is 0 Å². The van der Waals surface area contributed by atoms with Crippen LogP contribution < -0.4 is 0 Å². The van der Waals surface area contributed by atoms with Crippen LogP contribution >= 0.6 is 0 Å². The van der Waals surface area contributed by atoms with Crippen LogP contribution in [0.4, 0.5) is 0 Å². The molecule has 1 aromatic heterocycles. The molecule has 0 N–H and O–H groups in total. The molecule has 23 heavy (non-hydrogen) atoms. The normalized spacial score (nSPS) is 13.9. The smallest absolute Gasteiger partial charge is 0.193 e. The SMILES string of the molecule is Cc1cc(C(O[Si](C)(C)C(C)(C)C)c2ccccc2)cc(C)n1. The Morgan fingerprint density at radius 1 is 0.913 bits per heavy atom. The molecule has 0 aliphatic rings. The summed E-state index contributed by atoms with van der Waals surface area (Å²) in [5.74, 6) is 0. The zero-order valence-corrected chi connectivity index (χ0v) is 16.5. The molecule has 0 saturated carbocycles. The van der Waals surface area contributed by atoms with E-state index in [9.17, 15) is 0 Å². The second-order valence-corrected chi connectivity index (χ2v) is 12.6. The van der Waals surface area contributed by atoms with Gasteiger partial charge in [0, 0.05) is 11.4 Å². The first-order valence-corrected chi connectivity index (χ1v) is 11.2. The number of aromatic nitrogens is 1. The summed E-state index contributed by atoms with van der Waals surface area (Å²) < 4.78 is 6.80. The second-order valence-electron chi connectivity index (χ2n) is 7.85. The lowest BCUT2D eigenvalue weighted by Crippen LogP contribution is -2.42. The molecule has 0 aliphatic heterocycles. The van der Waals surface area contributed by atoms with Gasteiger partial charge in [0.2, 0.25) is 0 Å². The molecule has 3 heteroatoms. The molecule has 1 atom stereocenters. The van der Waals surface area contributed by atoms with Crippen LogP contribution in [0.3, 0.4) is 0 Å². The molecular formula is C20H29NOSi. The Morgan fingerprint density at radius 2 is 1.43 bits per heavy atom. The lowest BCUT2D eigenvalue weighted by atomic mass is 10.0. The Bertz CT molecular complexity index is 639.